The molecule has 0 bridgehead atoms. The SMILES string of the molecule is Fc1ccccc1Oc1ccc(CCl)c(Cl)c1. The third-order valence-electron chi connectivity index (χ3n) is 2.23. The van der Waals surface area contributed by atoms with Gasteiger partial charge in [0.2, 0.25) is 0 Å². The monoisotopic (exact) mass is 270 g/mol. The van der Waals surface area contributed by atoms with E-state index in [0.29, 0.717) is 16.7 Å². The maximum Gasteiger partial charge on any atom is 0.165 e. The summed E-state index contributed by atoms with van der Waals surface area (Å²) in [5.41, 5.74) is 0.814. The first-order valence-corrected chi connectivity index (χ1v) is 5.88. The molecule has 1 nitrogen and oxygen atoms in total. The van der Waals surface area contributed by atoms with Crippen molar-refractivity contribution in [3.8, 4) is 11.5 Å². The Balaban J connectivity index is 2.25. The van der Waals surface area contributed by atoms with Crippen molar-refractivity contribution < 1.29 is 9.13 Å². The minimum Gasteiger partial charge on any atom is -0.454 e. The van der Waals surface area contributed by atoms with E-state index < -0.39 is 5.82 Å². The van der Waals surface area contributed by atoms with Crippen molar-refractivity contribution in [2.45, 2.75) is 5.88 Å². The molecule has 0 aliphatic heterocycles. The fourth-order valence-corrected chi connectivity index (χ4v) is 1.89. The molecule has 0 aliphatic carbocycles. The first kappa shape index (κ1) is 12.2. The van der Waals surface area contributed by atoms with Gasteiger partial charge in [-0.2, -0.15) is 0 Å². The van der Waals surface area contributed by atoms with E-state index in [9.17, 15) is 4.39 Å². The summed E-state index contributed by atoms with van der Waals surface area (Å²) in [6.45, 7) is 0. The maximum atomic E-state index is 13.3. The van der Waals surface area contributed by atoms with Crippen LogP contribution in [0, 0.1) is 5.82 Å². The van der Waals surface area contributed by atoms with Gasteiger partial charge in [-0.25, -0.2) is 4.39 Å². The van der Waals surface area contributed by atoms with Gasteiger partial charge in [0.05, 0.1) is 0 Å². The Bertz CT molecular complexity index is 529. The summed E-state index contributed by atoms with van der Waals surface area (Å²) in [5, 5.41) is 0.508. The normalized spacial score (nSPS) is 10.3. The summed E-state index contributed by atoms with van der Waals surface area (Å²) in [5.74, 6) is 0.569. The lowest BCUT2D eigenvalue weighted by molar-refractivity contribution is 0.442. The van der Waals surface area contributed by atoms with Crippen molar-refractivity contribution in [2.24, 2.45) is 0 Å². The van der Waals surface area contributed by atoms with E-state index in [4.69, 9.17) is 27.9 Å². The highest BCUT2D eigenvalue weighted by atomic mass is 35.5. The summed E-state index contributed by atoms with van der Waals surface area (Å²) < 4.78 is 18.7. The zero-order valence-corrected chi connectivity index (χ0v) is 10.3. The molecular weight excluding hydrogens is 262 g/mol. The molecule has 0 N–H and O–H groups in total. The van der Waals surface area contributed by atoms with E-state index in [1.54, 1.807) is 36.4 Å². The van der Waals surface area contributed by atoms with Gasteiger partial charge in [0, 0.05) is 10.9 Å². The molecular formula is C13H9Cl2FO. The quantitative estimate of drug-likeness (QED) is 0.713. The minimum absolute atomic E-state index is 0.169. The molecule has 0 aromatic heterocycles. The van der Waals surface area contributed by atoms with Crippen LogP contribution < -0.4 is 4.74 Å². The molecule has 0 saturated heterocycles. The predicted octanol–water partition coefficient (Wildman–Crippen LogP) is 5.01. The van der Waals surface area contributed by atoms with Crippen molar-refractivity contribution >= 4 is 23.2 Å². The summed E-state index contributed by atoms with van der Waals surface area (Å²) in [6.07, 6.45) is 0. The summed E-state index contributed by atoms with van der Waals surface area (Å²) in [6, 6.07) is 11.3. The first-order valence-electron chi connectivity index (χ1n) is 4.97. The van der Waals surface area contributed by atoms with Crippen LogP contribution in [0.15, 0.2) is 42.5 Å². The summed E-state index contributed by atoms with van der Waals surface area (Å²) in [4.78, 5) is 0. The van der Waals surface area contributed by atoms with Crippen LogP contribution >= 0.6 is 23.2 Å². The number of para-hydroxylation sites is 1. The van der Waals surface area contributed by atoms with Gasteiger partial charge in [-0.3, -0.25) is 0 Å². The Morgan fingerprint density at radius 2 is 1.88 bits per heavy atom. The number of hydrogen-bond acceptors (Lipinski definition) is 1. The zero-order valence-electron chi connectivity index (χ0n) is 8.79. The van der Waals surface area contributed by atoms with E-state index in [2.05, 4.69) is 0 Å². The maximum absolute atomic E-state index is 13.3. The van der Waals surface area contributed by atoms with E-state index in [-0.39, 0.29) is 5.75 Å². The van der Waals surface area contributed by atoms with Gasteiger partial charge in [0.1, 0.15) is 5.75 Å². The van der Waals surface area contributed by atoms with Crippen LogP contribution in [0.4, 0.5) is 4.39 Å². The fourth-order valence-electron chi connectivity index (χ4n) is 1.35. The van der Waals surface area contributed by atoms with Gasteiger partial charge >= 0.3 is 0 Å². The molecule has 0 atom stereocenters. The highest BCUT2D eigenvalue weighted by Crippen LogP contribution is 2.28. The van der Waals surface area contributed by atoms with Crippen molar-refractivity contribution in [1.82, 2.24) is 0 Å². The molecule has 17 heavy (non-hydrogen) atoms. The van der Waals surface area contributed by atoms with Crippen LogP contribution in [-0.2, 0) is 5.88 Å². The molecule has 2 aromatic rings. The molecule has 0 amide bonds. The van der Waals surface area contributed by atoms with E-state index in [1.807, 2.05) is 0 Å². The van der Waals surface area contributed by atoms with Crippen LogP contribution in [0.3, 0.4) is 0 Å². The number of halogens is 3. The lowest BCUT2D eigenvalue weighted by Crippen LogP contribution is -1.89. The van der Waals surface area contributed by atoms with Crippen LogP contribution in [-0.4, -0.2) is 0 Å². The van der Waals surface area contributed by atoms with Crippen molar-refractivity contribution in [3.05, 3.63) is 58.9 Å². The summed E-state index contributed by atoms with van der Waals surface area (Å²) >= 11 is 11.7. The molecule has 0 aliphatic rings. The van der Waals surface area contributed by atoms with Gasteiger partial charge in [0.15, 0.2) is 11.6 Å². The molecule has 0 saturated carbocycles. The van der Waals surface area contributed by atoms with Gasteiger partial charge < -0.3 is 4.74 Å². The van der Waals surface area contributed by atoms with Crippen LogP contribution in [0.5, 0.6) is 11.5 Å². The van der Waals surface area contributed by atoms with Crippen molar-refractivity contribution in [3.63, 3.8) is 0 Å². The third kappa shape index (κ3) is 2.90. The average molecular weight is 271 g/mol. The second-order valence-corrected chi connectivity index (χ2v) is 4.09. The van der Waals surface area contributed by atoms with Gasteiger partial charge in [-0.1, -0.05) is 29.8 Å². The van der Waals surface area contributed by atoms with Crippen molar-refractivity contribution in [1.29, 1.82) is 0 Å². The smallest absolute Gasteiger partial charge is 0.165 e. The first-order chi connectivity index (χ1) is 8.20. The topological polar surface area (TPSA) is 9.23 Å². The fraction of sp³-hybridized carbons (Fsp3) is 0.0769. The Morgan fingerprint density at radius 3 is 2.53 bits per heavy atom. The van der Waals surface area contributed by atoms with E-state index in [0.717, 1.165) is 5.56 Å². The Labute approximate surface area is 109 Å². The van der Waals surface area contributed by atoms with Gasteiger partial charge in [0.25, 0.3) is 0 Å². The Morgan fingerprint density at radius 1 is 1.12 bits per heavy atom. The van der Waals surface area contributed by atoms with Crippen LogP contribution in [0.1, 0.15) is 5.56 Å². The van der Waals surface area contributed by atoms with Crippen LogP contribution in [0.2, 0.25) is 5.02 Å². The standard InChI is InChI=1S/C13H9Cl2FO/c14-8-9-5-6-10(7-11(9)15)17-13-4-2-1-3-12(13)16/h1-7H,8H2. The lowest BCUT2D eigenvalue weighted by Gasteiger charge is -2.08. The second-order valence-electron chi connectivity index (χ2n) is 3.42. The highest BCUT2D eigenvalue weighted by molar-refractivity contribution is 6.32. The number of rotatable bonds is 3. The van der Waals surface area contributed by atoms with Crippen molar-refractivity contribution in [2.75, 3.05) is 0 Å². The predicted molar refractivity (Wildman–Crippen MR) is 67.5 cm³/mol. The Hall–Kier alpha value is -1.25. The molecule has 0 spiro atoms. The largest absolute Gasteiger partial charge is 0.454 e. The average Bonchev–Trinajstić information content (AvgIpc) is 2.32. The van der Waals surface area contributed by atoms with Gasteiger partial charge in [-0.15, -0.1) is 11.6 Å². The molecule has 0 unspecified atom stereocenters. The minimum atomic E-state index is -0.412. The van der Waals surface area contributed by atoms with Gasteiger partial charge in [-0.05, 0) is 29.8 Å². The Kier molecular flexibility index (Phi) is 3.87. The zero-order chi connectivity index (χ0) is 12.3. The summed E-state index contributed by atoms with van der Waals surface area (Å²) in [7, 11) is 0. The van der Waals surface area contributed by atoms with E-state index in [1.165, 1.54) is 6.07 Å². The lowest BCUT2D eigenvalue weighted by atomic mass is 10.2. The number of alkyl halides is 1. The molecule has 88 valence electrons. The molecule has 2 aromatic carbocycles. The third-order valence-corrected chi connectivity index (χ3v) is 2.87. The van der Waals surface area contributed by atoms with E-state index >= 15 is 0 Å². The molecule has 4 heteroatoms. The second kappa shape index (κ2) is 5.39. The highest BCUT2D eigenvalue weighted by Gasteiger charge is 2.05. The number of hydrogen-bond donors (Lipinski definition) is 0. The molecule has 0 radical (unpaired) electrons. The number of ether oxygens (including phenoxy) is 1. The molecule has 2 rings (SSSR count). The molecule has 0 heterocycles. The number of benzene rings is 2. The molecule has 0 fully saturated rings. The van der Waals surface area contributed by atoms with Crippen LogP contribution in [0.25, 0.3) is 0 Å².